The van der Waals surface area contributed by atoms with Gasteiger partial charge in [0.1, 0.15) is 17.4 Å². The molecule has 0 aliphatic heterocycles. The molecule has 1 heterocycles. The molecule has 20 heavy (non-hydrogen) atoms. The Balaban J connectivity index is 1.91. The maximum absolute atomic E-state index is 6.34. The summed E-state index contributed by atoms with van der Waals surface area (Å²) in [5.41, 5.74) is 1.23. The molecule has 2 atom stereocenters. The molecule has 1 aromatic heterocycles. The number of pyridine rings is 1. The molecule has 1 aliphatic rings. The second kappa shape index (κ2) is 5.36. The van der Waals surface area contributed by atoms with E-state index in [9.17, 15) is 0 Å². The minimum Gasteiger partial charge on any atom is -0.487 e. The van der Waals surface area contributed by atoms with Crippen LogP contribution >= 0.6 is 15.9 Å². The highest BCUT2D eigenvalue weighted by atomic mass is 79.9. The largest absolute Gasteiger partial charge is 0.487 e. The van der Waals surface area contributed by atoms with Crippen molar-refractivity contribution in [3.8, 4) is 5.75 Å². The zero-order chi connectivity index (χ0) is 14.2. The molecule has 0 radical (unpaired) electrons. The predicted octanol–water partition coefficient (Wildman–Crippen LogP) is 4.96. The Hall–Kier alpha value is -1.09. The van der Waals surface area contributed by atoms with Crippen molar-refractivity contribution in [3.05, 3.63) is 36.5 Å². The first-order chi connectivity index (χ1) is 9.71. The van der Waals surface area contributed by atoms with Crippen molar-refractivity contribution in [2.75, 3.05) is 0 Å². The van der Waals surface area contributed by atoms with E-state index in [1.54, 1.807) is 0 Å². The van der Waals surface area contributed by atoms with Gasteiger partial charge >= 0.3 is 0 Å². The average molecular weight is 334 g/mol. The Kier molecular flexibility index (Phi) is 3.72. The molecule has 1 fully saturated rings. The van der Waals surface area contributed by atoms with Crippen molar-refractivity contribution in [2.45, 2.75) is 44.0 Å². The minimum atomic E-state index is 0.261. The third kappa shape index (κ3) is 2.03. The lowest BCUT2D eigenvalue weighted by Gasteiger charge is -2.52. The van der Waals surface area contributed by atoms with Crippen LogP contribution in [0.3, 0.4) is 0 Å². The summed E-state index contributed by atoms with van der Waals surface area (Å²) in [6.45, 7) is 4.52. The number of benzene rings is 1. The van der Waals surface area contributed by atoms with Crippen LogP contribution in [0.25, 0.3) is 10.9 Å². The van der Waals surface area contributed by atoms with Gasteiger partial charge in [-0.1, -0.05) is 48.0 Å². The highest BCUT2D eigenvalue weighted by molar-refractivity contribution is 9.09. The smallest absolute Gasteiger partial charge is 0.145 e. The van der Waals surface area contributed by atoms with Gasteiger partial charge in [0.15, 0.2) is 0 Å². The topological polar surface area (TPSA) is 22.1 Å². The van der Waals surface area contributed by atoms with E-state index in [1.807, 2.05) is 24.4 Å². The quantitative estimate of drug-likeness (QED) is 0.738. The van der Waals surface area contributed by atoms with E-state index in [0.29, 0.717) is 4.83 Å². The molecule has 1 saturated carbocycles. The van der Waals surface area contributed by atoms with E-state index in [4.69, 9.17) is 4.74 Å². The van der Waals surface area contributed by atoms with E-state index >= 15 is 0 Å². The van der Waals surface area contributed by atoms with E-state index in [1.165, 1.54) is 0 Å². The van der Waals surface area contributed by atoms with E-state index < -0.39 is 0 Å². The summed E-state index contributed by atoms with van der Waals surface area (Å²) < 4.78 is 6.34. The van der Waals surface area contributed by atoms with Crippen molar-refractivity contribution in [1.82, 2.24) is 4.98 Å². The van der Waals surface area contributed by atoms with Crippen molar-refractivity contribution in [2.24, 2.45) is 5.41 Å². The van der Waals surface area contributed by atoms with Crippen LogP contribution < -0.4 is 4.74 Å². The Labute approximate surface area is 128 Å². The van der Waals surface area contributed by atoms with Crippen molar-refractivity contribution < 1.29 is 4.74 Å². The predicted molar refractivity (Wildman–Crippen MR) is 86.5 cm³/mol. The SMILES string of the molecule is CCC1(CC)C(Br)CC1Oc1cccc2cccnc12. The number of para-hydroxylation sites is 1. The fourth-order valence-electron chi connectivity index (χ4n) is 3.34. The molecule has 3 rings (SSSR count). The first-order valence-electron chi connectivity index (χ1n) is 7.35. The van der Waals surface area contributed by atoms with Crippen LogP contribution in [-0.2, 0) is 0 Å². The second-order valence-electron chi connectivity index (χ2n) is 5.58. The lowest BCUT2D eigenvalue weighted by atomic mass is 9.62. The molecule has 2 unspecified atom stereocenters. The van der Waals surface area contributed by atoms with Crippen LogP contribution in [0.1, 0.15) is 33.1 Å². The van der Waals surface area contributed by atoms with Gasteiger partial charge in [0.25, 0.3) is 0 Å². The number of alkyl halides is 1. The monoisotopic (exact) mass is 333 g/mol. The molecule has 0 amide bonds. The van der Waals surface area contributed by atoms with Gasteiger partial charge in [0.05, 0.1) is 0 Å². The minimum absolute atomic E-state index is 0.261. The highest BCUT2D eigenvalue weighted by Crippen LogP contribution is 2.53. The lowest BCUT2D eigenvalue weighted by Crippen LogP contribution is -2.56. The van der Waals surface area contributed by atoms with Crippen LogP contribution in [0, 0.1) is 5.41 Å². The van der Waals surface area contributed by atoms with E-state index in [2.05, 4.69) is 46.9 Å². The first-order valence-corrected chi connectivity index (χ1v) is 8.27. The normalized spacial score (nSPS) is 24.4. The van der Waals surface area contributed by atoms with Crippen molar-refractivity contribution in [3.63, 3.8) is 0 Å². The maximum Gasteiger partial charge on any atom is 0.145 e. The number of nitrogens with zero attached hydrogens (tertiary/aromatic N) is 1. The average Bonchev–Trinajstić information content (AvgIpc) is 2.48. The molecule has 106 valence electrons. The highest BCUT2D eigenvalue weighted by Gasteiger charge is 2.53. The van der Waals surface area contributed by atoms with E-state index in [-0.39, 0.29) is 11.5 Å². The molecular weight excluding hydrogens is 314 g/mol. The van der Waals surface area contributed by atoms with Gasteiger partial charge in [0, 0.05) is 21.8 Å². The molecule has 0 N–H and O–H groups in total. The van der Waals surface area contributed by atoms with Crippen LogP contribution in [0.5, 0.6) is 5.75 Å². The van der Waals surface area contributed by atoms with Crippen LogP contribution in [0.4, 0.5) is 0 Å². The number of aromatic nitrogens is 1. The molecule has 2 aromatic rings. The molecule has 0 spiro atoms. The second-order valence-corrected chi connectivity index (χ2v) is 6.69. The third-order valence-electron chi connectivity index (χ3n) is 4.87. The van der Waals surface area contributed by atoms with Crippen LogP contribution in [-0.4, -0.2) is 15.9 Å². The Morgan fingerprint density at radius 1 is 1.25 bits per heavy atom. The number of ether oxygens (including phenoxy) is 1. The molecule has 1 aliphatic carbocycles. The Morgan fingerprint density at radius 2 is 2.00 bits per heavy atom. The summed E-state index contributed by atoms with van der Waals surface area (Å²) in [6, 6.07) is 10.2. The van der Waals surface area contributed by atoms with Gasteiger partial charge in [-0.15, -0.1) is 0 Å². The summed E-state index contributed by atoms with van der Waals surface area (Å²) in [4.78, 5) is 5.04. The fraction of sp³-hybridized carbons (Fsp3) is 0.471. The molecule has 0 bridgehead atoms. The zero-order valence-corrected chi connectivity index (χ0v) is 13.6. The van der Waals surface area contributed by atoms with Crippen LogP contribution in [0.2, 0.25) is 0 Å². The fourth-order valence-corrected chi connectivity index (χ4v) is 4.62. The van der Waals surface area contributed by atoms with Crippen molar-refractivity contribution in [1.29, 1.82) is 0 Å². The molecular formula is C17H20BrNO. The molecule has 0 saturated heterocycles. The van der Waals surface area contributed by atoms with Gasteiger partial charge < -0.3 is 4.74 Å². The molecule has 3 heteroatoms. The standard InChI is InChI=1S/C17H20BrNO/c1-3-17(4-2)14(18)11-15(17)20-13-9-5-7-12-8-6-10-19-16(12)13/h5-10,14-15H,3-4,11H2,1-2H3. The van der Waals surface area contributed by atoms with Crippen LogP contribution in [0.15, 0.2) is 36.5 Å². The number of halogens is 1. The third-order valence-corrected chi connectivity index (χ3v) is 6.15. The molecule has 2 nitrogen and oxygen atoms in total. The number of hydrogen-bond donors (Lipinski definition) is 0. The first kappa shape index (κ1) is 13.9. The lowest BCUT2D eigenvalue weighted by molar-refractivity contribution is -0.0403. The zero-order valence-electron chi connectivity index (χ0n) is 12.0. The van der Waals surface area contributed by atoms with Gasteiger partial charge in [-0.3, -0.25) is 4.98 Å². The maximum atomic E-state index is 6.34. The summed E-state index contributed by atoms with van der Waals surface area (Å²) in [7, 11) is 0. The van der Waals surface area contributed by atoms with Gasteiger partial charge in [-0.05, 0) is 31.4 Å². The summed E-state index contributed by atoms with van der Waals surface area (Å²) in [5, 5.41) is 1.14. The summed E-state index contributed by atoms with van der Waals surface area (Å²) in [6.07, 6.45) is 5.47. The van der Waals surface area contributed by atoms with Gasteiger partial charge in [0.2, 0.25) is 0 Å². The number of hydrogen-bond acceptors (Lipinski definition) is 2. The van der Waals surface area contributed by atoms with E-state index in [0.717, 1.165) is 35.9 Å². The molecule has 1 aromatic carbocycles. The number of rotatable bonds is 4. The van der Waals surface area contributed by atoms with Gasteiger partial charge in [-0.25, -0.2) is 0 Å². The van der Waals surface area contributed by atoms with Gasteiger partial charge in [-0.2, -0.15) is 0 Å². The summed E-state index contributed by atoms with van der Waals surface area (Å²) >= 11 is 3.81. The summed E-state index contributed by atoms with van der Waals surface area (Å²) in [5.74, 6) is 0.916. The van der Waals surface area contributed by atoms with Crippen molar-refractivity contribution >= 4 is 26.8 Å². The Bertz CT molecular complexity index is 603. The Morgan fingerprint density at radius 3 is 2.70 bits per heavy atom. The number of fused-ring (bicyclic) bond motifs is 1.